The van der Waals surface area contributed by atoms with E-state index >= 15 is 0 Å². The highest BCUT2D eigenvalue weighted by atomic mass is 16.5. The SMILES string of the molecule is COc1ccc2c(c1Cc1ccccc1)c(=O)n(CCCO)c(=O)n2C. The number of ether oxygens (including phenoxy) is 1. The molecule has 0 saturated carbocycles. The van der Waals surface area contributed by atoms with Gasteiger partial charge in [0.2, 0.25) is 0 Å². The van der Waals surface area contributed by atoms with E-state index in [9.17, 15) is 9.59 Å². The number of fused-ring (bicyclic) bond motifs is 1. The van der Waals surface area contributed by atoms with E-state index in [4.69, 9.17) is 9.84 Å². The maximum atomic E-state index is 13.1. The molecule has 3 aromatic rings. The highest BCUT2D eigenvalue weighted by Gasteiger charge is 2.18. The number of benzene rings is 2. The molecule has 6 nitrogen and oxygen atoms in total. The van der Waals surface area contributed by atoms with Crippen molar-refractivity contribution in [3.05, 3.63) is 74.4 Å². The highest BCUT2D eigenvalue weighted by Crippen LogP contribution is 2.27. The molecular formula is C20H22N2O4. The number of methoxy groups -OCH3 is 1. The largest absolute Gasteiger partial charge is 0.496 e. The summed E-state index contributed by atoms with van der Waals surface area (Å²) < 4.78 is 8.16. The monoisotopic (exact) mass is 354 g/mol. The lowest BCUT2D eigenvalue weighted by Gasteiger charge is -2.16. The van der Waals surface area contributed by atoms with Crippen molar-refractivity contribution in [1.29, 1.82) is 0 Å². The van der Waals surface area contributed by atoms with Crippen molar-refractivity contribution in [2.45, 2.75) is 19.4 Å². The first-order valence-electron chi connectivity index (χ1n) is 8.52. The third kappa shape index (κ3) is 3.15. The van der Waals surface area contributed by atoms with E-state index in [1.165, 1.54) is 9.13 Å². The average Bonchev–Trinajstić information content (AvgIpc) is 2.66. The third-order valence-electron chi connectivity index (χ3n) is 4.57. The molecule has 0 amide bonds. The van der Waals surface area contributed by atoms with Gasteiger partial charge in [-0.1, -0.05) is 30.3 Å². The summed E-state index contributed by atoms with van der Waals surface area (Å²) in [4.78, 5) is 25.6. The van der Waals surface area contributed by atoms with Crippen LogP contribution in [0, 0.1) is 0 Å². The predicted molar refractivity (Wildman–Crippen MR) is 101 cm³/mol. The Morgan fingerprint density at radius 1 is 1.08 bits per heavy atom. The lowest BCUT2D eigenvalue weighted by atomic mass is 10.00. The van der Waals surface area contributed by atoms with E-state index in [1.807, 2.05) is 30.3 Å². The molecule has 0 bridgehead atoms. The lowest BCUT2D eigenvalue weighted by molar-refractivity contribution is 0.277. The molecule has 0 aliphatic rings. The third-order valence-corrected chi connectivity index (χ3v) is 4.57. The van der Waals surface area contributed by atoms with Crippen molar-refractivity contribution >= 4 is 10.9 Å². The number of nitrogens with zero attached hydrogens (tertiary/aromatic N) is 2. The van der Waals surface area contributed by atoms with Gasteiger partial charge in [-0.2, -0.15) is 0 Å². The molecule has 0 atom stereocenters. The molecule has 0 unspecified atom stereocenters. The van der Waals surface area contributed by atoms with Gasteiger partial charge in [-0.3, -0.25) is 13.9 Å². The molecule has 1 aromatic heterocycles. The summed E-state index contributed by atoms with van der Waals surface area (Å²) in [5, 5.41) is 9.56. The Labute approximate surface area is 150 Å². The number of aryl methyl sites for hydroxylation is 1. The fraction of sp³-hybridized carbons (Fsp3) is 0.300. The molecule has 0 spiro atoms. The Morgan fingerprint density at radius 2 is 1.81 bits per heavy atom. The van der Waals surface area contributed by atoms with Gasteiger partial charge in [0.25, 0.3) is 5.56 Å². The molecule has 1 heterocycles. The summed E-state index contributed by atoms with van der Waals surface area (Å²) in [6.07, 6.45) is 0.868. The first-order valence-corrected chi connectivity index (χ1v) is 8.52. The van der Waals surface area contributed by atoms with E-state index in [0.29, 0.717) is 29.5 Å². The fourth-order valence-electron chi connectivity index (χ4n) is 3.23. The van der Waals surface area contributed by atoms with Gasteiger partial charge in [0.05, 0.1) is 18.0 Å². The molecule has 6 heteroatoms. The van der Waals surface area contributed by atoms with Crippen LogP contribution >= 0.6 is 0 Å². The molecule has 1 N–H and O–H groups in total. The summed E-state index contributed by atoms with van der Waals surface area (Å²) in [6.45, 7) is 0.0998. The van der Waals surface area contributed by atoms with Crippen LogP contribution in [-0.4, -0.2) is 28.0 Å². The van der Waals surface area contributed by atoms with Gasteiger partial charge in [0.15, 0.2) is 0 Å². The Bertz CT molecular complexity index is 1040. The Balaban J connectivity index is 2.32. The summed E-state index contributed by atoms with van der Waals surface area (Å²) in [5.74, 6) is 0.616. The second kappa shape index (κ2) is 7.58. The molecule has 2 aromatic carbocycles. The van der Waals surface area contributed by atoms with E-state index in [1.54, 1.807) is 26.3 Å². The van der Waals surface area contributed by atoms with Gasteiger partial charge >= 0.3 is 5.69 Å². The predicted octanol–water partition coefficient (Wildman–Crippen LogP) is 1.68. The minimum atomic E-state index is -0.383. The molecular weight excluding hydrogens is 332 g/mol. The molecule has 3 rings (SSSR count). The first-order chi connectivity index (χ1) is 12.6. The maximum absolute atomic E-state index is 13.1. The number of aromatic nitrogens is 2. The van der Waals surface area contributed by atoms with Crippen LogP contribution in [0.5, 0.6) is 5.75 Å². The topological polar surface area (TPSA) is 73.5 Å². The van der Waals surface area contributed by atoms with Gasteiger partial charge in [0, 0.05) is 32.2 Å². The van der Waals surface area contributed by atoms with E-state index in [2.05, 4.69) is 0 Å². The number of rotatable bonds is 6. The van der Waals surface area contributed by atoms with Gasteiger partial charge in [-0.15, -0.1) is 0 Å². The molecule has 0 radical (unpaired) electrons. The van der Waals surface area contributed by atoms with Crippen molar-refractivity contribution in [2.75, 3.05) is 13.7 Å². The second-order valence-corrected chi connectivity index (χ2v) is 6.18. The van der Waals surface area contributed by atoms with Gasteiger partial charge < -0.3 is 9.84 Å². The zero-order chi connectivity index (χ0) is 18.7. The summed E-state index contributed by atoms with van der Waals surface area (Å²) in [5.41, 5.74) is 1.66. The molecule has 0 fully saturated rings. The van der Waals surface area contributed by atoms with Crippen LogP contribution in [-0.2, 0) is 20.0 Å². The second-order valence-electron chi connectivity index (χ2n) is 6.18. The minimum absolute atomic E-state index is 0.0807. The van der Waals surface area contributed by atoms with Crippen LogP contribution in [0.1, 0.15) is 17.5 Å². The quantitative estimate of drug-likeness (QED) is 0.731. The highest BCUT2D eigenvalue weighted by molar-refractivity contribution is 5.84. The van der Waals surface area contributed by atoms with Crippen LogP contribution < -0.4 is 16.0 Å². The van der Waals surface area contributed by atoms with Crippen molar-refractivity contribution in [3.63, 3.8) is 0 Å². The zero-order valence-corrected chi connectivity index (χ0v) is 14.9. The Hall–Kier alpha value is -2.86. The summed E-state index contributed by atoms with van der Waals surface area (Å²) in [7, 11) is 3.22. The Kier molecular flexibility index (Phi) is 5.23. The standard InChI is InChI=1S/C20H22N2O4/c1-21-16-9-10-17(26-2)15(13-14-7-4-3-5-8-14)18(16)19(24)22(20(21)25)11-6-12-23/h3-5,7-10,23H,6,11-13H2,1-2H3. The van der Waals surface area contributed by atoms with Gasteiger partial charge in [-0.05, 0) is 24.1 Å². The molecule has 0 aliphatic carbocycles. The van der Waals surface area contributed by atoms with Crippen LogP contribution in [0.3, 0.4) is 0 Å². The lowest BCUT2D eigenvalue weighted by Crippen LogP contribution is -2.39. The smallest absolute Gasteiger partial charge is 0.331 e. The number of hydrogen-bond acceptors (Lipinski definition) is 4. The van der Waals surface area contributed by atoms with E-state index in [-0.39, 0.29) is 24.4 Å². The van der Waals surface area contributed by atoms with Gasteiger partial charge in [-0.25, -0.2) is 4.79 Å². The van der Waals surface area contributed by atoms with Crippen molar-refractivity contribution < 1.29 is 9.84 Å². The van der Waals surface area contributed by atoms with Gasteiger partial charge in [0.1, 0.15) is 5.75 Å². The fourth-order valence-corrected chi connectivity index (χ4v) is 3.23. The average molecular weight is 354 g/mol. The zero-order valence-electron chi connectivity index (χ0n) is 14.9. The van der Waals surface area contributed by atoms with Crippen LogP contribution in [0.15, 0.2) is 52.1 Å². The minimum Gasteiger partial charge on any atom is -0.496 e. The summed E-state index contributed by atoms with van der Waals surface area (Å²) in [6, 6.07) is 13.3. The molecule has 26 heavy (non-hydrogen) atoms. The summed E-state index contributed by atoms with van der Waals surface area (Å²) >= 11 is 0. The number of aliphatic hydroxyl groups excluding tert-OH is 1. The van der Waals surface area contributed by atoms with Crippen LogP contribution in [0.25, 0.3) is 10.9 Å². The van der Waals surface area contributed by atoms with Crippen LogP contribution in [0.2, 0.25) is 0 Å². The van der Waals surface area contributed by atoms with Crippen molar-refractivity contribution in [3.8, 4) is 5.75 Å². The first kappa shape index (κ1) is 17.9. The number of aliphatic hydroxyl groups is 1. The van der Waals surface area contributed by atoms with E-state index < -0.39 is 0 Å². The molecule has 136 valence electrons. The maximum Gasteiger partial charge on any atom is 0.331 e. The van der Waals surface area contributed by atoms with Crippen molar-refractivity contribution in [1.82, 2.24) is 9.13 Å². The molecule has 0 aliphatic heterocycles. The normalized spacial score (nSPS) is 11.0. The number of hydrogen-bond donors (Lipinski definition) is 1. The van der Waals surface area contributed by atoms with E-state index in [0.717, 1.165) is 11.1 Å². The Morgan fingerprint density at radius 3 is 2.46 bits per heavy atom. The van der Waals surface area contributed by atoms with Crippen LogP contribution in [0.4, 0.5) is 0 Å². The van der Waals surface area contributed by atoms with Crippen molar-refractivity contribution in [2.24, 2.45) is 7.05 Å². The molecule has 0 saturated heterocycles.